The first-order valence-corrected chi connectivity index (χ1v) is 10.8. The molecule has 2 amide bonds. The number of esters is 1. The van der Waals surface area contributed by atoms with Crippen molar-refractivity contribution in [3.63, 3.8) is 0 Å². The lowest BCUT2D eigenvalue weighted by Gasteiger charge is -2.34. The van der Waals surface area contributed by atoms with Gasteiger partial charge >= 0.3 is 12.1 Å². The number of alkyl carbamates (subject to hydrolysis) is 1. The van der Waals surface area contributed by atoms with Gasteiger partial charge in [-0.1, -0.05) is 11.8 Å². The van der Waals surface area contributed by atoms with Gasteiger partial charge in [0.25, 0.3) is 5.91 Å². The van der Waals surface area contributed by atoms with Gasteiger partial charge in [-0.25, -0.2) is 9.59 Å². The topological polar surface area (TPSA) is 111 Å². The van der Waals surface area contributed by atoms with Crippen molar-refractivity contribution in [1.29, 1.82) is 0 Å². The molecule has 0 spiro atoms. The Morgan fingerprint density at radius 3 is 2.26 bits per heavy atom. The molecule has 2 N–H and O–H groups in total. The molecule has 0 saturated heterocycles. The lowest BCUT2D eigenvalue weighted by atomic mass is 9.94. The van der Waals surface area contributed by atoms with Crippen molar-refractivity contribution >= 4 is 24.3 Å². The van der Waals surface area contributed by atoms with Gasteiger partial charge in [0.15, 0.2) is 0 Å². The van der Waals surface area contributed by atoms with Crippen LogP contribution >= 0.6 is 0 Å². The van der Waals surface area contributed by atoms with Crippen molar-refractivity contribution in [1.82, 2.24) is 10.6 Å². The summed E-state index contributed by atoms with van der Waals surface area (Å²) in [7, 11) is 1.20. The summed E-state index contributed by atoms with van der Waals surface area (Å²) in [6.45, 7) is 8.32. The number of ether oxygens (including phenoxy) is 2. The highest BCUT2D eigenvalue weighted by Gasteiger charge is 2.40. The maximum atomic E-state index is 12.8. The molecule has 34 heavy (non-hydrogen) atoms. The molecule has 8 heteroatoms. The highest BCUT2D eigenvalue weighted by Crippen LogP contribution is 2.35. The molecule has 3 atom stereocenters. The Morgan fingerprint density at radius 2 is 1.74 bits per heavy atom. The van der Waals surface area contributed by atoms with Crippen molar-refractivity contribution < 1.29 is 28.7 Å². The van der Waals surface area contributed by atoms with Crippen LogP contribution in [0.1, 0.15) is 57.0 Å². The first-order valence-electron chi connectivity index (χ1n) is 10.8. The van der Waals surface area contributed by atoms with Crippen LogP contribution in [0.3, 0.4) is 0 Å². The number of methoxy groups -OCH3 is 1. The highest BCUT2D eigenvalue weighted by atomic mass is 16.6. The number of aldehydes is 1. The molecule has 3 unspecified atom stereocenters. The zero-order valence-electron chi connectivity index (χ0n) is 20.3. The van der Waals surface area contributed by atoms with Crippen molar-refractivity contribution in [3.05, 3.63) is 35.4 Å². The highest BCUT2D eigenvalue weighted by molar-refractivity contribution is 5.97. The Kier molecular flexibility index (Phi) is 8.48. The van der Waals surface area contributed by atoms with Crippen molar-refractivity contribution in [2.45, 2.75) is 58.2 Å². The van der Waals surface area contributed by atoms with Gasteiger partial charge in [-0.3, -0.25) is 4.79 Å². The van der Waals surface area contributed by atoms with E-state index in [1.54, 1.807) is 58.9 Å². The van der Waals surface area contributed by atoms with Gasteiger partial charge < -0.3 is 24.9 Å². The van der Waals surface area contributed by atoms with Gasteiger partial charge in [0.1, 0.15) is 17.9 Å². The molecule has 1 aromatic rings. The fourth-order valence-electron chi connectivity index (χ4n) is 2.97. The van der Waals surface area contributed by atoms with E-state index in [9.17, 15) is 19.2 Å². The van der Waals surface area contributed by atoms with Gasteiger partial charge in [-0.2, -0.15) is 0 Å². The third-order valence-corrected chi connectivity index (χ3v) is 4.95. The quantitative estimate of drug-likeness (QED) is 0.379. The Hall–Kier alpha value is -3.78. The normalized spacial score (nSPS) is 17.5. The summed E-state index contributed by atoms with van der Waals surface area (Å²) in [5.74, 6) is 10.2. The molecule has 1 aliphatic carbocycles. The second kappa shape index (κ2) is 10.9. The Bertz CT molecular complexity index is 1060. The van der Waals surface area contributed by atoms with Crippen molar-refractivity contribution in [2.75, 3.05) is 7.11 Å². The van der Waals surface area contributed by atoms with Crippen molar-refractivity contribution in [3.8, 4) is 23.7 Å². The SMILES string of the molecule is COC(=O)C(NC(=O)c1ccc(C#CC#CC2CC2C=O)cc1)C(C)(C)NC(=O)OC(C)(C)C. The molecule has 1 aromatic carbocycles. The van der Waals surface area contributed by atoms with E-state index in [1.165, 1.54) is 7.11 Å². The summed E-state index contributed by atoms with van der Waals surface area (Å²) >= 11 is 0. The van der Waals surface area contributed by atoms with Crippen LogP contribution in [0.2, 0.25) is 0 Å². The lowest BCUT2D eigenvalue weighted by Crippen LogP contribution is -2.62. The third kappa shape index (κ3) is 7.97. The van der Waals surface area contributed by atoms with Crippen LogP contribution in [-0.4, -0.2) is 48.5 Å². The zero-order chi connectivity index (χ0) is 25.5. The number of hydrogen-bond donors (Lipinski definition) is 2. The van der Waals surface area contributed by atoms with E-state index >= 15 is 0 Å². The summed E-state index contributed by atoms with van der Waals surface area (Å²) in [6.07, 6.45) is 0.976. The zero-order valence-corrected chi connectivity index (χ0v) is 20.3. The van der Waals surface area contributed by atoms with E-state index in [0.29, 0.717) is 11.1 Å². The smallest absolute Gasteiger partial charge is 0.408 e. The number of hydrogen-bond acceptors (Lipinski definition) is 6. The molecule has 0 aromatic heterocycles. The second-order valence-electron chi connectivity index (χ2n) is 9.52. The van der Waals surface area contributed by atoms with Crippen LogP contribution in [0.25, 0.3) is 0 Å². The largest absolute Gasteiger partial charge is 0.467 e. The Balaban J connectivity index is 2.07. The van der Waals surface area contributed by atoms with Gasteiger partial charge in [0.2, 0.25) is 0 Å². The first kappa shape index (κ1) is 26.5. The van der Waals surface area contributed by atoms with Crippen LogP contribution in [0.15, 0.2) is 24.3 Å². The molecule has 1 fully saturated rings. The van der Waals surface area contributed by atoms with Crippen LogP contribution in [-0.2, 0) is 19.1 Å². The minimum atomic E-state index is -1.21. The maximum absolute atomic E-state index is 12.8. The number of amides is 2. The Morgan fingerprint density at radius 1 is 1.09 bits per heavy atom. The first-order chi connectivity index (χ1) is 15.9. The molecule has 180 valence electrons. The number of carbonyl (C=O) groups is 4. The predicted molar refractivity (Wildman–Crippen MR) is 125 cm³/mol. The van der Waals surface area contributed by atoms with Crippen LogP contribution in [0, 0.1) is 35.5 Å². The minimum absolute atomic E-state index is 0.0326. The van der Waals surface area contributed by atoms with Crippen molar-refractivity contribution in [2.24, 2.45) is 11.8 Å². The van der Waals surface area contributed by atoms with E-state index in [4.69, 9.17) is 9.47 Å². The van der Waals surface area contributed by atoms with E-state index in [-0.39, 0.29) is 11.8 Å². The molecule has 1 aliphatic rings. The molecule has 0 bridgehead atoms. The second-order valence-corrected chi connectivity index (χ2v) is 9.52. The Labute approximate surface area is 200 Å². The molecular formula is C26H30N2O6. The van der Waals surface area contributed by atoms with E-state index < -0.39 is 35.2 Å². The fraction of sp³-hybridized carbons (Fsp3) is 0.462. The number of benzene rings is 1. The van der Waals surface area contributed by atoms with E-state index in [0.717, 1.165) is 12.7 Å². The molecule has 0 aliphatic heterocycles. The number of rotatable bonds is 6. The minimum Gasteiger partial charge on any atom is -0.467 e. The van der Waals surface area contributed by atoms with Gasteiger partial charge in [-0.05, 0) is 77.1 Å². The summed E-state index contributed by atoms with van der Waals surface area (Å²) in [5.41, 5.74) is -0.981. The molecule has 0 radical (unpaired) electrons. The standard InChI is InChI=1S/C26H30N2O6/c1-25(2,3)34-24(32)28-26(4,5)21(23(31)33-6)27-22(30)18-13-11-17(12-14-18)9-7-8-10-19-15-20(19)16-29/h11-14,16,19-21H,15H2,1-6H3,(H,27,30)(H,28,32). The van der Waals surface area contributed by atoms with Gasteiger partial charge in [0.05, 0.1) is 12.6 Å². The molecule has 1 saturated carbocycles. The average molecular weight is 467 g/mol. The van der Waals surface area contributed by atoms with Crippen LogP contribution in [0.4, 0.5) is 4.79 Å². The lowest BCUT2D eigenvalue weighted by molar-refractivity contribution is -0.144. The number of carbonyl (C=O) groups excluding carboxylic acids is 4. The predicted octanol–water partition coefficient (Wildman–Crippen LogP) is 2.45. The van der Waals surface area contributed by atoms with E-state index in [2.05, 4.69) is 34.3 Å². The van der Waals surface area contributed by atoms with Gasteiger partial charge in [0, 0.05) is 23.0 Å². The molecule has 0 heterocycles. The van der Waals surface area contributed by atoms with Crippen LogP contribution < -0.4 is 10.6 Å². The van der Waals surface area contributed by atoms with E-state index in [1.807, 2.05) is 0 Å². The average Bonchev–Trinajstić information content (AvgIpc) is 3.51. The third-order valence-electron chi connectivity index (χ3n) is 4.95. The monoisotopic (exact) mass is 466 g/mol. The summed E-state index contributed by atoms with van der Waals surface area (Å²) in [4.78, 5) is 48.0. The van der Waals surface area contributed by atoms with Gasteiger partial charge in [-0.15, -0.1) is 0 Å². The summed E-state index contributed by atoms with van der Waals surface area (Å²) in [5, 5.41) is 5.24. The molecule has 2 rings (SSSR count). The summed E-state index contributed by atoms with van der Waals surface area (Å²) in [6, 6.07) is 5.28. The molecular weight excluding hydrogens is 436 g/mol. The summed E-state index contributed by atoms with van der Waals surface area (Å²) < 4.78 is 10.1. The molecule has 8 nitrogen and oxygen atoms in total. The maximum Gasteiger partial charge on any atom is 0.408 e. The fourth-order valence-corrected chi connectivity index (χ4v) is 2.97. The number of nitrogens with one attached hydrogen (secondary N) is 2. The van der Waals surface area contributed by atoms with Crippen LogP contribution in [0.5, 0.6) is 0 Å².